The number of aromatic nitrogens is 2. The van der Waals surface area contributed by atoms with Gasteiger partial charge in [-0.3, -0.25) is 9.78 Å². The van der Waals surface area contributed by atoms with E-state index in [2.05, 4.69) is 27.4 Å². The van der Waals surface area contributed by atoms with E-state index in [-0.39, 0.29) is 11.6 Å². The fourth-order valence-corrected chi connectivity index (χ4v) is 4.11. The molecule has 0 fully saturated rings. The van der Waals surface area contributed by atoms with E-state index in [1.54, 1.807) is 0 Å². The smallest absolute Gasteiger partial charge is 0.276 e. The van der Waals surface area contributed by atoms with Crippen LogP contribution in [0.3, 0.4) is 0 Å². The summed E-state index contributed by atoms with van der Waals surface area (Å²) in [6, 6.07) is 10.4. The minimum absolute atomic E-state index is 0.230. The number of amides is 1. The summed E-state index contributed by atoms with van der Waals surface area (Å²) in [4.78, 5) is 21.4. The average molecular weight is 332 g/mol. The maximum absolute atomic E-state index is 12.3. The summed E-state index contributed by atoms with van der Waals surface area (Å²) in [6.45, 7) is 0. The third-order valence-electron chi connectivity index (χ3n) is 4.02. The summed E-state index contributed by atoms with van der Waals surface area (Å²) in [5.74, 6) is -0.355. The van der Waals surface area contributed by atoms with Crippen LogP contribution in [0.2, 0.25) is 0 Å². The second kappa shape index (κ2) is 5.87. The molecule has 0 atom stereocenters. The Kier molecular flexibility index (Phi) is 3.56. The molecule has 0 spiro atoms. The Morgan fingerprint density at radius 3 is 2.92 bits per heavy atom. The first kappa shape index (κ1) is 14.5. The third kappa shape index (κ3) is 2.36. The number of rotatable bonds is 2. The molecule has 0 radical (unpaired) electrons. The first-order chi connectivity index (χ1) is 11.8. The van der Waals surface area contributed by atoms with E-state index in [1.807, 2.05) is 18.2 Å². The number of fused-ring (bicyclic) bond motifs is 3. The topological polar surface area (TPSA) is 78.7 Å². The molecule has 5 nitrogen and oxygen atoms in total. The van der Waals surface area contributed by atoms with Crippen LogP contribution < -0.4 is 5.32 Å². The van der Waals surface area contributed by atoms with Crippen molar-refractivity contribution in [2.24, 2.45) is 0 Å². The van der Waals surface area contributed by atoms with Gasteiger partial charge in [0.2, 0.25) is 0 Å². The standard InChI is InChI=1S/C18H12N4OS/c19-9-13-16-12-4-2-1-3-11(12)5-6-15(16)24-18(13)22-17(23)14-10-20-7-8-21-14/h1-4,7-8,10H,5-6H2,(H,22,23). The fraction of sp³-hybridized carbons (Fsp3) is 0.111. The molecule has 3 aromatic rings. The van der Waals surface area contributed by atoms with Gasteiger partial charge in [0.15, 0.2) is 0 Å². The minimum atomic E-state index is -0.355. The zero-order valence-electron chi connectivity index (χ0n) is 12.6. The van der Waals surface area contributed by atoms with Gasteiger partial charge in [-0.1, -0.05) is 24.3 Å². The molecule has 2 aromatic heterocycles. The molecule has 1 amide bonds. The monoisotopic (exact) mass is 332 g/mol. The van der Waals surface area contributed by atoms with Crippen molar-refractivity contribution in [1.82, 2.24) is 9.97 Å². The van der Waals surface area contributed by atoms with Crippen molar-refractivity contribution in [3.8, 4) is 17.2 Å². The molecule has 1 N–H and O–H groups in total. The molecular weight excluding hydrogens is 320 g/mol. The van der Waals surface area contributed by atoms with Gasteiger partial charge >= 0.3 is 0 Å². The quantitative estimate of drug-likeness (QED) is 0.780. The third-order valence-corrected chi connectivity index (χ3v) is 5.19. The van der Waals surface area contributed by atoms with E-state index in [1.165, 1.54) is 35.5 Å². The number of anilines is 1. The van der Waals surface area contributed by atoms with Crippen LogP contribution >= 0.6 is 11.3 Å². The number of benzene rings is 1. The van der Waals surface area contributed by atoms with Crippen LogP contribution in [0.5, 0.6) is 0 Å². The number of carbonyl (C=O) groups is 1. The zero-order chi connectivity index (χ0) is 16.5. The van der Waals surface area contributed by atoms with E-state index in [0.717, 1.165) is 28.8 Å². The average Bonchev–Trinajstić information content (AvgIpc) is 3.00. The highest BCUT2D eigenvalue weighted by molar-refractivity contribution is 7.17. The lowest BCUT2D eigenvalue weighted by atomic mass is 9.88. The molecular formula is C18H12N4OS. The summed E-state index contributed by atoms with van der Waals surface area (Å²) < 4.78 is 0. The first-order valence-corrected chi connectivity index (χ1v) is 8.31. The van der Waals surface area contributed by atoms with Crippen molar-refractivity contribution in [2.45, 2.75) is 12.8 Å². The van der Waals surface area contributed by atoms with Gasteiger partial charge in [0.05, 0.1) is 11.8 Å². The van der Waals surface area contributed by atoms with Gasteiger partial charge in [-0.05, 0) is 24.0 Å². The van der Waals surface area contributed by atoms with Gasteiger partial charge in [0, 0.05) is 22.8 Å². The molecule has 24 heavy (non-hydrogen) atoms. The Morgan fingerprint density at radius 2 is 2.12 bits per heavy atom. The van der Waals surface area contributed by atoms with Crippen LogP contribution in [0, 0.1) is 11.3 Å². The molecule has 0 bridgehead atoms. The maximum Gasteiger partial charge on any atom is 0.276 e. The Morgan fingerprint density at radius 1 is 1.25 bits per heavy atom. The van der Waals surface area contributed by atoms with E-state index >= 15 is 0 Å². The number of nitrogens with one attached hydrogen (secondary N) is 1. The number of hydrogen-bond donors (Lipinski definition) is 1. The first-order valence-electron chi connectivity index (χ1n) is 7.49. The van der Waals surface area contributed by atoms with Gasteiger partial charge < -0.3 is 5.32 Å². The predicted molar refractivity (Wildman–Crippen MR) is 91.9 cm³/mol. The summed E-state index contributed by atoms with van der Waals surface area (Å²) in [7, 11) is 0. The summed E-state index contributed by atoms with van der Waals surface area (Å²) >= 11 is 1.47. The Labute approximate surface area is 142 Å². The highest BCUT2D eigenvalue weighted by Gasteiger charge is 2.25. The summed E-state index contributed by atoms with van der Waals surface area (Å²) in [5, 5.41) is 13.0. The summed E-state index contributed by atoms with van der Waals surface area (Å²) in [6.07, 6.45) is 6.22. The van der Waals surface area contributed by atoms with Crippen LogP contribution in [-0.2, 0) is 12.8 Å². The minimum Gasteiger partial charge on any atom is -0.311 e. The second-order valence-corrected chi connectivity index (χ2v) is 6.52. The number of nitrogens with zero attached hydrogens (tertiary/aromatic N) is 3. The molecule has 1 aliphatic carbocycles. The molecule has 1 aromatic carbocycles. The van der Waals surface area contributed by atoms with Crippen molar-refractivity contribution in [1.29, 1.82) is 5.26 Å². The van der Waals surface area contributed by atoms with Crippen molar-refractivity contribution < 1.29 is 4.79 Å². The van der Waals surface area contributed by atoms with Crippen molar-refractivity contribution >= 4 is 22.2 Å². The number of nitriles is 1. The normalized spacial score (nSPS) is 12.0. The van der Waals surface area contributed by atoms with Crippen LogP contribution in [0.15, 0.2) is 42.9 Å². The van der Waals surface area contributed by atoms with E-state index in [4.69, 9.17) is 0 Å². The summed E-state index contributed by atoms with van der Waals surface area (Å²) in [5.41, 5.74) is 4.05. The van der Waals surface area contributed by atoms with Crippen LogP contribution in [0.4, 0.5) is 5.00 Å². The lowest BCUT2D eigenvalue weighted by Gasteiger charge is -2.16. The van der Waals surface area contributed by atoms with Crippen LogP contribution in [0.1, 0.15) is 26.5 Å². The fourth-order valence-electron chi connectivity index (χ4n) is 2.95. The van der Waals surface area contributed by atoms with Gasteiger partial charge in [-0.15, -0.1) is 11.3 Å². The molecule has 6 heteroatoms. The van der Waals surface area contributed by atoms with Gasteiger partial charge in [-0.2, -0.15) is 5.26 Å². The van der Waals surface area contributed by atoms with E-state index in [0.29, 0.717) is 10.6 Å². The highest BCUT2D eigenvalue weighted by atomic mass is 32.1. The van der Waals surface area contributed by atoms with Gasteiger partial charge in [0.1, 0.15) is 16.8 Å². The van der Waals surface area contributed by atoms with Crippen molar-refractivity contribution in [2.75, 3.05) is 5.32 Å². The molecule has 0 saturated heterocycles. The SMILES string of the molecule is N#Cc1c(NC(=O)c2cnccn2)sc2c1-c1ccccc1CC2. The highest BCUT2D eigenvalue weighted by Crippen LogP contribution is 2.44. The van der Waals surface area contributed by atoms with E-state index < -0.39 is 0 Å². The van der Waals surface area contributed by atoms with Crippen molar-refractivity contribution in [3.63, 3.8) is 0 Å². The molecule has 0 aliphatic heterocycles. The second-order valence-electron chi connectivity index (χ2n) is 5.42. The molecule has 1 aliphatic rings. The molecule has 2 heterocycles. The lowest BCUT2D eigenvalue weighted by molar-refractivity contribution is 0.102. The number of hydrogen-bond acceptors (Lipinski definition) is 5. The predicted octanol–water partition coefficient (Wildman–Crippen LogP) is 3.43. The molecule has 0 saturated carbocycles. The molecule has 116 valence electrons. The number of aryl methyl sites for hydroxylation is 2. The maximum atomic E-state index is 12.3. The lowest BCUT2D eigenvalue weighted by Crippen LogP contribution is -2.13. The van der Waals surface area contributed by atoms with Crippen LogP contribution in [0.25, 0.3) is 11.1 Å². The van der Waals surface area contributed by atoms with Gasteiger partial charge in [-0.25, -0.2) is 4.98 Å². The Balaban J connectivity index is 1.76. The van der Waals surface area contributed by atoms with Crippen LogP contribution in [-0.4, -0.2) is 15.9 Å². The molecule has 4 rings (SSSR count). The van der Waals surface area contributed by atoms with E-state index in [9.17, 15) is 10.1 Å². The Hall–Kier alpha value is -3.04. The van der Waals surface area contributed by atoms with Crippen molar-refractivity contribution in [3.05, 3.63) is 64.6 Å². The largest absolute Gasteiger partial charge is 0.311 e. The van der Waals surface area contributed by atoms with Gasteiger partial charge in [0.25, 0.3) is 5.91 Å². The Bertz CT molecular complexity index is 972. The number of carbonyl (C=O) groups excluding carboxylic acids is 1. The zero-order valence-corrected chi connectivity index (χ0v) is 13.4. The number of thiophene rings is 1. The molecule has 0 unspecified atom stereocenters.